The Kier molecular flexibility index (Phi) is 3.27. The number of nitrogens with zero attached hydrogens (tertiary/aromatic N) is 3. The number of hydrogen-bond donors (Lipinski definition) is 1. The van der Waals surface area contributed by atoms with Crippen molar-refractivity contribution in [3.63, 3.8) is 0 Å². The molecule has 0 bridgehead atoms. The molecule has 1 N–H and O–H groups in total. The molecule has 2 aromatic heterocycles. The SMILES string of the molecule is COc1nnc2cc(NC(=O)C3CCC(C)O3)ccn12. The van der Waals surface area contributed by atoms with Crippen molar-refractivity contribution in [3.05, 3.63) is 18.3 Å². The largest absolute Gasteiger partial charge is 0.467 e. The molecule has 2 unspecified atom stereocenters. The van der Waals surface area contributed by atoms with Gasteiger partial charge in [-0.3, -0.25) is 9.20 Å². The number of aromatic nitrogens is 3. The first-order valence-corrected chi connectivity index (χ1v) is 6.52. The number of methoxy groups -OCH3 is 1. The molecule has 106 valence electrons. The molecule has 0 saturated carbocycles. The molecular weight excluding hydrogens is 260 g/mol. The van der Waals surface area contributed by atoms with Gasteiger partial charge < -0.3 is 14.8 Å². The van der Waals surface area contributed by atoms with E-state index >= 15 is 0 Å². The van der Waals surface area contributed by atoms with Crippen molar-refractivity contribution < 1.29 is 14.3 Å². The molecule has 0 aliphatic carbocycles. The molecule has 1 fully saturated rings. The number of pyridine rings is 1. The number of amides is 1. The molecule has 7 nitrogen and oxygen atoms in total. The molecule has 1 amide bonds. The highest BCUT2D eigenvalue weighted by molar-refractivity contribution is 5.94. The normalized spacial score (nSPS) is 22.1. The van der Waals surface area contributed by atoms with Gasteiger partial charge in [-0.2, -0.15) is 0 Å². The zero-order chi connectivity index (χ0) is 14.1. The van der Waals surface area contributed by atoms with Gasteiger partial charge in [-0.1, -0.05) is 5.10 Å². The van der Waals surface area contributed by atoms with Crippen LogP contribution >= 0.6 is 0 Å². The van der Waals surface area contributed by atoms with E-state index in [0.717, 1.165) is 12.8 Å². The molecule has 2 aromatic rings. The summed E-state index contributed by atoms with van der Waals surface area (Å²) >= 11 is 0. The average Bonchev–Trinajstić information content (AvgIpc) is 3.04. The van der Waals surface area contributed by atoms with Gasteiger partial charge in [0.15, 0.2) is 5.65 Å². The third kappa shape index (κ3) is 2.32. The molecule has 0 spiro atoms. The Bertz CT molecular complexity index is 640. The number of hydrogen-bond acceptors (Lipinski definition) is 5. The fourth-order valence-corrected chi connectivity index (χ4v) is 2.30. The zero-order valence-corrected chi connectivity index (χ0v) is 11.4. The summed E-state index contributed by atoms with van der Waals surface area (Å²) in [5.74, 6) is -0.120. The Morgan fingerprint density at radius 1 is 1.50 bits per heavy atom. The van der Waals surface area contributed by atoms with Crippen molar-refractivity contribution in [2.75, 3.05) is 12.4 Å². The third-order valence-corrected chi connectivity index (χ3v) is 3.35. The second-order valence-corrected chi connectivity index (χ2v) is 4.83. The van der Waals surface area contributed by atoms with Crippen molar-refractivity contribution in [3.8, 4) is 6.01 Å². The lowest BCUT2D eigenvalue weighted by Gasteiger charge is -2.11. The summed E-state index contributed by atoms with van der Waals surface area (Å²) in [6.07, 6.45) is 3.21. The lowest BCUT2D eigenvalue weighted by Crippen LogP contribution is -2.27. The van der Waals surface area contributed by atoms with Gasteiger partial charge >= 0.3 is 6.01 Å². The summed E-state index contributed by atoms with van der Waals surface area (Å²) < 4.78 is 12.3. The number of carbonyl (C=O) groups excluding carboxylic acids is 1. The summed E-state index contributed by atoms with van der Waals surface area (Å²) in [5, 5.41) is 10.7. The van der Waals surface area contributed by atoms with Gasteiger partial charge in [-0.05, 0) is 25.8 Å². The summed E-state index contributed by atoms with van der Waals surface area (Å²) in [5.41, 5.74) is 1.28. The third-order valence-electron chi connectivity index (χ3n) is 3.35. The van der Waals surface area contributed by atoms with Crippen molar-refractivity contribution >= 4 is 17.2 Å². The fraction of sp³-hybridized carbons (Fsp3) is 0.462. The number of carbonyl (C=O) groups is 1. The highest BCUT2D eigenvalue weighted by Gasteiger charge is 2.28. The van der Waals surface area contributed by atoms with E-state index in [4.69, 9.17) is 9.47 Å². The molecule has 2 atom stereocenters. The lowest BCUT2D eigenvalue weighted by atomic mass is 10.2. The second-order valence-electron chi connectivity index (χ2n) is 4.83. The molecule has 3 rings (SSSR count). The van der Waals surface area contributed by atoms with Crippen LogP contribution in [0.2, 0.25) is 0 Å². The summed E-state index contributed by atoms with van der Waals surface area (Å²) in [6, 6.07) is 3.92. The molecule has 7 heteroatoms. The van der Waals surface area contributed by atoms with Crippen molar-refractivity contribution in [1.82, 2.24) is 14.6 Å². The Morgan fingerprint density at radius 2 is 2.35 bits per heavy atom. The Labute approximate surface area is 115 Å². The Balaban J connectivity index is 1.76. The monoisotopic (exact) mass is 276 g/mol. The summed E-state index contributed by atoms with van der Waals surface area (Å²) in [4.78, 5) is 12.1. The topological polar surface area (TPSA) is 77.8 Å². The van der Waals surface area contributed by atoms with Crippen LogP contribution in [0.15, 0.2) is 18.3 Å². The number of ether oxygens (including phenoxy) is 2. The van der Waals surface area contributed by atoms with E-state index in [9.17, 15) is 4.79 Å². The van der Waals surface area contributed by atoms with Crippen LogP contribution in [0.5, 0.6) is 6.01 Å². The molecule has 3 heterocycles. The smallest absolute Gasteiger partial charge is 0.321 e. The minimum Gasteiger partial charge on any atom is -0.467 e. The van der Waals surface area contributed by atoms with Gasteiger partial charge in [-0.25, -0.2) is 0 Å². The Hall–Kier alpha value is -2.15. The van der Waals surface area contributed by atoms with Gasteiger partial charge in [0.1, 0.15) is 6.10 Å². The van der Waals surface area contributed by atoms with Crippen LogP contribution in [-0.2, 0) is 9.53 Å². The summed E-state index contributed by atoms with van der Waals surface area (Å²) in [7, 11) is 1.53. The minimum atomic E-state index is -0.367. The number of rotatable bonds is 3. The van der Waals surface area contributed by atoms with Crippen LogP contribution in [0.1, 0.15) is 19.8 Å². The molecule has 1 saturated heterocycles. The molecule has 1 aliphatic heterocycles. The van der Waals surface area contributed by atoms with E-state index in [1.54, 1.807) is 22.7 Å². The van der Waals surface area contributed by atoms with Crippen LogP contribution in [0.4, 0.5) is 5.69 Å². The molecule has 0 aromatic carbocycles. The van der Waals surface area contributed by atoms with Crippen LogP contribution in [0.3, 0.4) is 0 Å². The van der Waals surface area contributed by atoms with Gasteiger partial charge in [0.05, 0.1) is 13.2 Å². The maximum absolute atomic E-state index is 12.1. The molecule has 20 heavy (non-hydrogen) atoms. The van der Waals surface area contributed by atoms with Gasteiger partial charge in [0.2, 0.25) is 0 Å². The molecular formula is C13H16N4O3. The summed E-state index contributed by atoms with van der Waals surface area (Å²) in [6.45, 7) is 1.97. The van der Waals surface area contributed by atoms with Gasteiger partial charge in [0.25, 0.3) is 5.91 Å². The first-order valence-electron chi connectivity index (χ1n) is 6.52. The van der Waals surface area contributed by atoms with E-state index in [0.29, 0.717) is 17.3 Å². The first-order chi connectivity index (χ1) is 9.67. The van der Waals surface area contributed by atoms with E-state index in [2.05, 4.69) is 15.5 Å². The second kappa shape index (κ2) is 5.09. The van der Waals surface area contributed by atoms with Crippen molar-refractivity contribution in [2.24, 2.45) is 0 Å². The molecule has 0 radical (unpaired) electrons. The predicted octanol–water partition coefficient (Wildman–Crippen LogP) is 1.24. The number of fused-ring (bicyclic) bond motifs is 1. The Morgan fingerprint density at radius 3 is 3.05 bits per heavy atom. The quantitative estimate of drug-likeness (QED) is 0.912. The van der Waals surface area contributed by atoms with E-state index in [1.165, 1.54) is 7.11 Å². The van der Waals surface area contributed by atoms with Gasteiger partial charge in [0, 0.05) is 18.0 Å². The van der Waals surface area contributed by atoms with Crippen molar-refractivity contribution in [1.29, 1.82) is 0 Å². The highest BCUT2D eigenvalue weighted by Crippen LogP contribution is 2.21. The maximum atomic E-state index is 12.1. The first kappa shape index (κ1) is 12.9. The standard InChI is InChI=1S/C13H16N4O3/c1-8-3-4-10(20-8)12(18)14-9-5-6-17-11(7-9)15-16-13(17)19-2/h5-8,10H,3-4H2,1-2H3,(H,14,18). The minimum absolute atomic E-state index is 0.120. The van der Waals surface area contributed by atoms with Gasteiger partial charge in [-0.15, -0.1) is 5.10 Å². The van der Waals surface area contributed by atoms with E-state index < -0.39 is 0 Å². The predicted molar refractivity (Wildman–Crippen MR) is 71.7 cm³/mol. The average molecular weight is 276 g/mol. The van der Waals surface area contributed by atoms with Crippen molar-refractivity contribution in [2.45, 2.75) is 32.0 Å². The zero-order valence-electron chi connectivity index (χ0n) is 11.4. The van der Waals surface area contributed by atoms with Crippen LogP contribution < -0.4 is 10.1 Å². The number of nitrogens with one attached hydrogen (secondary N) is 1. The van der Waals surface area contributed by atoms with Crippen LogP contribution in [0.25, 0.3) is 5.65 Å². The number of anilines is 1. The molecule has 1 aliphatic rings. The highest BCUT2D eigenvalue weighted by atomic mass is 16.5. The maximum Gasteiger partial charge on any atom is 0.321 e. The van der Waals surface area contributed by atoms with Crippen LogP contribution in [0, 0.1) is 0 Å². The van der Waals surface area contributed by atoms with Crippen LogP contribution in [-0.4, -0.2) is 39.8 Å². The van der Waals surface area contributed by atoms with E-state index in [1.807, 2.05) is 6.92 Å². The fourth-order valence-electron chi connectivity index (χ4n) is 2.30. The lowest BCUT2D eigenvalue weighted by molar-refractivity contribution is -0.126. The van der Waals surface area contributed by atoms with E-state index in [-0.39, 0.29) is 18.1 Å².